The van der Waals surface area contributed by atoms with Gasteiger partial charge in [-0.15, -0.1) is 11.3 Å². The van der Waals surface area contributed by atoms with E-state index < -0.39 is 10.9 Å². The van der Waals surface area contributed by atoms with Gasteiger partial charge in [0.2, 0.25) is 0 Å². The number of carboxylic acid groups (broad SMARTS) is 1. The van der Waals surface area contributed by atoms with Gasteiger partial charge in [0.05, 0.1) is 21.9 Å². The second-order valence-electron chi connectivity index (χ2n) is 4.32. The molecule has 0 aliphatic heterocycles. The Morgan fingerprint density at radius 3 is 2.68 bits per heavy atom. The highest BCUT2D eigenvalue weighted by Crippen LogP contribution is 2.23. The van der Waals surface area contributed by atoms with Crippen LogP contribution in [0.15, 0.2) is 46.9 Å². The molecule has 0 amide bonds. The van der Waals surface area contributed by atoms with E-state index in [0.717, 1.165) is 4.88 Å². The molecule has 0 saturated heterocycles. The molecule has 1 aromatic carbocycles. The first kappa shape index (κ1) is 15.6. The minimum Gasteiger partial charge on any atom is -0.481 e. The lowest BCUT2D eigenvalue weighted by Gasteiger charge is -2.05. The number of anilines is 1. The molecule has 0 bridgehead atoms. The topological polar surface area (TPSA) is 105 Å². The van der Waals surface area contributed by atoms with Crippen molar-refractivity contribution in [2.24, 2.45) is 5.10 Å². The molecule has 7 nitrogen and oxygen atoms in total. The maximum atomic E-state index is 11.0. The number of hydrogen-bond donors (Lipinski definition) is 2. The number of nitrogens with one attached hydrogen (secondary N) is 1. The van der Waals surface area contributed by atoms with Crippen molar-refractivity contribution in [3.8, 4) is 0 Å². The smallest absolute Gasteiger partial charge is 0.303 e. The second kappa shape index (κ2) is 7.32. The first-order valence-corrected chi connectivity index (χ1v) is 7.27. The number of nitro benzene ring substituents is 1. The van der Waals surface area contributed by atoms with Gasteiger partial charge in [0.1, 0.15) is 5.69 Å². The molecule has 0 aliphatic rings. The summed E-state index contributed by atoms with van der Waals surface area (Å²) in [6.45, 7) is 0. The standard InChI is InChI=1S/C14H13N3O4S/c18-14(19)8-7-11(13-6-3-9-22-13)16-15-10-4-1-2-5-12(10)17(20)21/h1-6,9,15H,7-8H2,(H,18,19). The number of hydrazone groups is 1. The number of aliphatic carboxylic acids is 1. The molecule has 1 heterocycles. The van der Waals surface area contributed by atoms with Gasteiger partial charge in [-0.1, -0.05) is 18.2 Å². The van der Waals surface area contributed by atoms with Gasteiger partial charge >= 0.3 is 5.97 Å². The fourth-order valence-corrected chi connectivity index (χ4v) is 2.50. The number of benzene rings is 1. The molecule has 0 spiro atoms. The summed E-state index contributed by atoms with van der Waals surface area (Å²) in [4.78, 5) is 22.0. The molecule has 22 heavy (non-hydrogen) atoms. The highest BCUT2D eigenvalue weighted by molar-refractivity contribution is 7.12. The Kier molecular flexibility index (Phi) is 5.21. The normalized spacial score (nSPS) is 11.2. The van der Waals surface area contributed by atoms with E-state index in [1.54, 1.807) is 18.2 Å². The summed E-state index contributed by atoms with van der Waals surface area (Å²) in [7, 11) is 0. The molecule has 0 aliphatic carbocycles. The first-order chi connectivity index (χ1) is 10.6. The van der Waals surface area contributed by atoms with Crippen LogP contribution in [0.4, 0.5) is 11.4 Å². The van der Waals surface area contributed by atoms with E-state index in [0.29, 0.717) is 5.71 Å². The summed E-state index contributed by atoms with van der Waals surface area (Å²) in [6.07, 6.45) is 0.179. The third-order valence-electron chi connectivity index (χ3n) is 2.79. The van der Waals surface area contributed by atoms with Gasteiger partial charge in [-0.2, -0.15) is 5.10 Å². The molecular formula is C14H13N3O4S. The van der Waals surface area contributed by atoms with E-state index >= 15 is 0 Å². The molecule has 0 unspecified atom stereocenters. The number of hydrogen-bond acceptors (Lipinski definition) is 6. The number of thiophene rings is 1. The monoisotopic (exact) mass is 319 g/mol. The fraction of sp³-hybridized carbons (Fsp3) is 0.143. The van der Waals surface area contributed by atoms with Gasteiger partial charge in [-0.25, -0.2) is 0 Å². The van der Waals surface area contributed by atoms with Crippen LogP contribution in [0.5, 0.6) is 0 Å². The van der Waals surface area contributed by atoms with Gasteiger partial charge in [0.25, 0.3) is 5.69 Å². The predicted molar refractivity (Wildman–Crippen MR) is 84.4 cm³/mol. The lowest BCUT2D eigenvalue weighted by atomic mass is 10.2. The maximum Gasteiger partial charge on any atom is 0.303 e. The molecule has 0 fully saturated rings. The molecule has 1 aromatic heterocycles. The Bertz CT molecular complexity index is 698. The Labute approximate surface area is 130 Å². The number of nitro groups is 1. The number of carbonyl (C=O) groups is 1. The van der Waals surface area contributed by atoms with Gasteiger partial charge in [-0.05, 0) is 17.5 Å². The van der Waals surface area contributed by atoms with Gasteiger partial charge in [0, 0.05) is 12.5 Å². The number of carboxylic acids is 1. The molecule has 0 radical (unpaired) electrons. The zero-order chi connectivity index (χ0) is 15.9. The Hall–Kier alpha value is -2.74. The van der Waals surface area contributed by atoms with E-state index in [9.17, 15) is 14.9 Å². The minimum atomic E-state index is -0.921. The molecule has 0 atom stereocenters. The van der Waals surface area contributed by atoms with Crippen molar-refractivity contribution in [2.45, 2.75) is 12.8 Å². The molecule has 0 saturated carbocycles. The summed E-state index contributed by atoms with van der Waals surface area (Å²) in [6, 6.07) is 9.81. The predicted octanol–water partition coefficient (Wildman–Crippen LogP) is 3.34. The zero-order valence-corrected chi connectivity index (χ0v) is 12.2. The molecular weight excluding hydrogens is 306 g/mol. The van der Waals surface area contributed by atoms with Gasteiger partial charge in [-0.3, -0.25) is 20.3 Å². The van der Waals surface area contributed by atoms with Crippen LogP contribution >= 0.6 is 11.3 Å². The SMILES string of the molecule is O=C(O)CCC(=NNc1ccccc1[N+](=O)[O-])c1cccs1. The summed E-state index contributed by atoms with van der Waals surface area (Å²) < 4.78 is 0. The van der Waals surface area contributed by atoms with Crippen LogP contribution in [0.3, 0.4) is 0 Å². The third-order valence-corrected chi connectivity index (χ3v) is 3.71. The van der Waals surface area contributed by atoms with Crippen molar-refractivity contribution in [3.05, 3.63) is 56.8 Å². The van der Waals surface area contributed by atoms with E-state index in [2.05, 4.69) is 10.5 Å². The van der Waals surface area contributed by atoms with Crippen molar-refractivity contribution >= 4 is 34.4 Å². The van der Waals surface area contributed by atoms with E-state index in [1.807, 2.05) is 17.5 Å². The summed E-state index contributed by atoms with van der Waals surface area (Å²) >= 11 is 1.43. The molecule has 8 heteroatoms. The highest BCUT2D eigenvalue weighted by atomic mass is 32.1. The minimum absolute atomic E-state index is 0.0602. The Morgan fingerprint density at radius 1 is 1.27 bits per heavy atom. The maximum absolute atomic E-state index is 11.0. The third kappa shape index (κ3) is 4.13. The van der Waals surface area contributed by atoms with Crippen molar-refractivity contribution < 1.29 is 14.8 Å². The van der Waals surface area contributed by atoms with Crippen LogP contribution in [-0.4, -0.2) is 21.7 Å². The van der Waals surface area contributed by atoms with Gasteiger partial charge < -0.3 is 5.11 Å². The summed E-state index contributed by atoms with van der Waals surface area (Å²) in [5, 5.41) is 25.8. The molecule has 2 rings (SSSR count). The fourth-order valence-electron chi connectivity index (χ4n) is 1.76. The molecule has 2 N–H and O–H groups in total. The average Bonchev–Trinajstić information content (AvgIpc) is 3.01. The molecule has 2 aromatic rings. The molecule has 114 valence electrons. The lowest BCUT2D eigenvalue weighted by molar-refractivity contribution is -0.384. The quantitative estimate of drug-likeness (QED) is 0.462. The van der Waals surface area contributed by atoms with Crippen molar-refractivity contribution in [1.82, 2.24) is 0 Å². The summed E-state index contributed by atoms with van der Waals surface area (Å²) in [5.41, 5.74) is 3.39. The van der Waals surface area contributed by atoms with Crippen LogP contribution in [-0.2, 0) is 4.79 Å². The zero-order valence-electron chi connectivity index (χ0n) is 11.4. The summed E-state index contributed by atoms with van der Waals surface area (Å²) in [5.74, 6) is -0.921. The van der Waals surface area contributed by atoms with E-state index in [-0.39, 0.29) is 24.2 Å². The Balaban J connectivity index is 2.23. The van der Waals surface area contributed by atoms with Gasteiger partial charge in [0.15, 0.2) is 0 Å². The van der Waals surface area contributed by atoms with Crippen molar-refractivity contribution in [3.63, 3.8) is 0 Å². The van der Waals surface area contributed by atoms with Crippen LogP contribution in [0.2, 0.25) is 0 Å². The number of rotatable bonds is 7. The van der Waals surface area contributed by atoms with Crippen LogP contribution < -0.4 is 5.43 Å². The van der Waals surface area contributed by atoms with Crippen molar-refractivity contribution in [2.75, 3.05) is 5.43 Å². The van der Waals surface area contributed by atoms with Crippen LogP contribution in [0.1, 0.15) is 17.7 Å². The van der Waals surface area contributed by atoms with E-state index in [1.165, 1.54) is 17.4 Å². The first-order valence-electron chi connectivity index (χ1n) is 6.39. The van der Waals surface area contributed by atoms with Crippen LogP contribution in [0.25, 0.3) is 0 Å². The number of para-hydroxylation sites is 2. The van der Waals surface area contributed by atoms with E-state index in [4.69, 9.17) is 5.11 Å². The van der Waals surface area contributed by atoms with Crippen molar-refractivity contribution in [1.29, 1.82) is 0 Å². The second-order valence-corrected chi connectivity index (χ2v) is 5.26. The van der Waals surface area contributed by atoms with Crippen LogP contribution in [0, 0.1) is 10.1 Å². The largest absolute Gasteiger partial charge is 0.481 e. The highest BCUT2D eigenvalue weighted by Gasteiger charge is 2.13. The Morgan fingerprint density at radius 2 is 2.05 bits per heavy atom. The average molecular weight is 319 g/mol. The lowest BCUT2D eigenvalue weighted by Crippen LogP contribution is -2.07. The number of nitrogens with zero attached hydrogens (tertiary/aromatic N) is 2.